The molecule has 0 saturated carbocycles. The lowest BCUT2D eigenvalue weighted by atomic mass is 9.97. The monoisotopic (exact) mass is 285 g/mol. The smallest absolute Gasteiger partial charge is 0.307 e. The van der Waals surface area contributed by atoms with Crippen LogP contribution in [0.4, 0.5) is 8.78 Å². The van der Waals surface area contributed by atoms with Crippen molar-refractivity contribution < 1.29 is 23.8 Å². The largest absolute Gasteiger partial charge is 0.481 e. The van der Waals surface area contributed by atoms with Crippen molar-refractivity contribution in [3.63, 3.8) is 0 Å². The molecule has 2 rings (SSSR count). The number of piperidine rings is 1. The van der Waals surface area contributed by atoms with Crippen LogP contribution in [0.1, 0.15) is 24.5 Å². The number of hydrogen-bond acceptors (Lipinski definition) is 3. The zero-order valence-corrected chi connectivity index (χ0v) is 10.9. The number of aliphatic hydroxyl groups is 1. The average molecular weight is 285 g/mol. The lowest BCUT2D eigenvalue weighted by Gasteiger charge is -2.32. The summed E-state index contributed by atoms with van der Waals surface area (Å²) in [4.78, 5) is 12.7. The summed E-state index contributed by atoms with van der Waals surface area (Å²) in [7, 11) is 0. The highest BCUT2D eigenvalue weighted by atomic mass is 19.1. The Kier molecular flexibility index (Phi) is 4.67. The number of β-amino-alcohol motifs (C(OH)–C–C–N with tert-alkyl or cyclic N) is 1. The zero-order valence-electron chi connectivity index (χ0n) is 10.9. The number of likely N-dealkylation sites (tertiary alicyclic amines) is 1. The van der Waals surface area contributed by atoms with E-state index in [1.165, 1.54) is 0 Å². The quantitative estimate of drug-likeness (QED) is 0.885. The maximum Gasteiger partial charge on any atom is 0.307 e. The minimum atomic E-state index is -1.17. The van der Waals surface area contributed by atoms with Crippen LogP contribution in [0.2, 0.25) is 0 Å². The lowest BCUT2D eigenvalue weighted by molar-refractivity contribution is -0.143. The molecule has 0 radical (unpaired) electrons. The maximum absolute atomic E-state index is 13.5. The first-order valence-corrected chi connectivity index (χ1v) is 6.55. The molecular weight excluding hydrogens is 268 g/mol. The van der Waals surface area contributed by atoms with Gasteiger partial charge in [-0.1, -0.05) is 0 Å². The normalized spacial score (nSPS) is 21.6. The molecule has 0 bridgehead atoms. The number of benzene rings is 1. The number of carbonyl (C=O) groups is 1. The molecule has 6 heteroatoms. The molecule has 0 aromatic heterocycles. The van der Waals surface area contributed by atoms with Crippen LogP contribution in [0.5, 0.6) is 0 Å². The van der Waals surface area contributed by atoms with Gasteiger partial charge in [0.25, 0.3) is 0 Å². The number of aliphatic carboxylic acids is 1. The van der Waals surface area contributed by atoms with Crippen molar-refractivity contribution in [1.82, 2.24) is 4.90 Å². The fourth-order valence-electron chi connectivity index (χ4n) is 2.54. The van der Waals surface area contributed by atoms with Crippen molar-refractivity contribution in [1.29, 1.82) is 0 Å². The van der Waals surface area contributed by atoms with E-state index < -0.39 is 29.6 Å². The predicted molar refractivity (Wildman–Crippen MR) is 68.1 cm³/mol. The van der Waals surface area contributed by atoms with E-state index in [-0.39, 0.29) is 12.1 Å². The second-order valence-corrected chi connectivity index (χ2v) is 5.12. The summed E-state index contributed by atoms with van der Waals surface area (Å²) in [6, 6.07) is 2.94. The molecule has 1 aromatic rings. The van der Waals surface area contributed by atoms with Crippen molar-refractivity contribution >= 4 is 5.97 Å². The molecule has 0 spiro atoms. The molecule has 0 aliphatic carbocycles. The van der Waals surface area contributed by atoms with Crippen molar-refractivity contribution in [3.8, 4) is 0 Å². The molecule has 1 aromatic carbocycles. The first kappa shape index (κ1) is 14.9. The molecule has 1 fully saturated rings. The van der Waals surface area contributed by atoms with Crippen LogP contribution in [0.15, 0.2) is 18.2 Å². The van der Waals surface area contributed by atoms with E-state index in [0.717, 1.165) is 24.6 Å². The van der Waals surface area contributed by atoms with Gasteiger partial charge in [-0.3, -0.25) is 9.69 Å². The summed E-state index contributed by atoms with van der Waals surface area (Å²) in [6.07, 6.45) is 0.157. The fourth-order valence-corrected chi connectivity index (χ4v) is 2.54. The maximum atomic E-state index is 13.5. The Hall–Kier alpha value is -1.53. The van der Waals surface area contributed by atoms with Gasteiger partial charge in [0.05, 0.1) is 12.0 Å². The highest BCUT2D eigenvalue weighted by Gasteiger charge is 2.27. The Morgan fingerprint density at radius 1 is 1.45 bits per heavy atom. The van der Waals surface area contributed by atoms with Gasteiger partial charge in [-0.25, -0.2) is 8.78 Å². The Morgan fingerprint density at radius 2 is 2.20 bits per heavy atom. The van der Waals surface area contributed by atoms with E-state index in [4.69, 9.17) is 5.11 Å². The highest BCUT2D eigenvalue weighted by molar-refractivity contribution is 5.70. The third-order valence-electron chi connectivity index (χ3n) is 3.60. The van der Waals surface area contributed by atoms with Crippen LogP contribution in [-0.2, 0) is 4.79 Å². The van der Waals surface area contributed by atoms with Gasteiger partial charge >= 0.3 is 5.97 Å². The number of nitrogens with zero attached hydrogens (tertiary/aromatic N) is 1. The van der Waals surface area contributed by atoms with E-state index in [1.54, 1.807) is 4.90 Å². The minimum absolute atomic E-state index is 0.0950. The minimum Gasteiger partial charge on any atom is -0.481 e. The highest BCUT2D eigenvalue weighted by Crippen LogP contribution is 2.23. The summed E-state index contributed by atoms with van der Waals surface area (Å²) in [5.74, 6) is -2.59. The summed E-state index contributed by atoms with van der Waals surface area (Å²) in [5.41, 5.74) is -0.0950. The second-order valence-electron chi connectivity index (χ2n) is 5.12. The van der Waals surface area contributed by atoms with E-state index >= 15 is 0 Å². The van der Waals surface area contributed by atoms with E-state index in [0.29, 0.717) is 19.5 Å². The van der Waals surface area contributed by atoms with Crippen molar-refractivity contribution in [2.24, 2.45) is 5.92 Å². The number of aliphatic hydroxyl groups excluding tert-OH is 1. The lowest BCUT2D eigenvalue weighted by Crippen LogP contribution is -2.40. The van der Waals surface area contributed by atoms with Crippen LogP contribution >= 0.6 is 0 Å². The fraction of sp³-hybridized carbons (Fsp3) is 0.500. The zero-order chi connectivity index (χ0) is 14.7. The van der Waals surface area contributed by atoms with E-state index in [2.05, 4.69) is 0 Å². The molecule has 2 atom stereocenters. The third-order valence-corrected chi connectivity index (χ3v) is 3.60. The number of hydrogen-bond donors (Lipinski definition) is 2. The summed E-state index contributed by atoms with van der Waals surface area (Å²) in [6.45, 7) is 1.07. The van der Waals surface area contributed by atoms with E-state index in [1.807, 2.05) is 0 Å². The SMILES string of the molecule is O=C(O)C1CCCN(CC(O)c2cc(F)ccc2F)C1. The molecule has 2 N–H and O–H groups in total. The van der Waals surface area contributed by atoms with Gasteiger partial charge in [0.15, 0.2) is 0 Å². The molecule has 1 heterocycles. The van der Waals surface area contributed by atoms with Crippen molar-refractivity contribution in [3.05, 3.63) is 35.4 Å². The number of halogens is 2. The van der Waals surface area contributed by atoms with Gasteiger partial charge in [-0.2, -0.15) is 0 Å². The van der Waals surface area contributed by atoms with Gasteiger partial charge in [-0.05, 0) is 37.6 Å². The van der Waals surface area contributed by atoms with Crippen LogP contribution in [-0.4, -0.2) is 40.7 Å². The molecule has 4 nitrogen and oxygen atoms in total. The Labute approximate surface area is 115 Å². The van der Waals surface area contributed by atoms with Crippen LogP contribution < -0.4 is 0 Å². The molecule has 1 aliphatic rings. The second kappa shape index (κ2) is 6.28. The third kappa shape index (κ3) is 3.52. The number of rotatable bonds is 4. The Balaban J connectivity index is 2.02. The van der Waals surface area contributed by atoms with E-state index in [9.17, 15) is 18.7 Å². The summed E-state index contributed by atoms with van der Waals surface area (Å²) >= 11 is 0. The van der Waals surface area contributed by atoms with Gasteiger partial charge in [0, 0.05) is 18.7 Å². The first-order chi connectivity index (χ1) is 9.47. The average Bonchev–Trinajstić information content (AvgIpc) is 2.41. The molecular formula is C14H17F2NO3. The van der Waals surface area contributed by atoms with Gasteiger partial charge in [0.2, 0.25) is 0 Å². The molecule has 0 amide bonds. The van der Waals surface area contributed by atoms with Gasteiger partial charge in [0.1, 0.15) is 11.6 Å². The topological polar surface area (TPSA) is 60.8 Å². The van der Waals surface area contributed by atoms with Crippen LogP contribution in [0.3, 0.4) is 0 Å². The molecule has 20 heavy (non-hydrogen) atoms. The summed E-state index contributed by atoms with van der Waals surface area (Å²) in [5, 5.41) is 19.0. The van der Waals surface area contributed by atoms with Gasteiger partial charge < -0.3 is 10.2 Å². The molecule has 110 valence electrons. The predicted octanol–water partition coefficient (Wildman–Crippen LogP) is 1.79. The number of carboxylic acids is 1. The molecule has 2 unspecified atom stereocenters. The molecule has 1 aliphatic heterocycles. The van der Waals surface area contributed by atoms with Crippen molar-refractivity contribution in [2.45, 2.75) is 18.9 Å². The van der Waals surface area contributed by atoms with Gasteiger partial charge in [-0.15, -0.1) is 0 Å². The van der Waals surface area contributed by atoms with Crippen LogP contribution in [0.25, 0.3) is 0 Å². The Bertz CT molecular complexity index is 495. The van der Waals surface area contributed by atoms with Crippen molar-refractivity contribution in [2.75, 3.05) is 19.6 Å². The molecule has 1 saturated heterocycles. The number of carboxylic acid groups (broad SMARTS) is 1. The first-order valence-electron chi connectivity index (χ1n) is 6.55. The standard InChI is InChI=1S/C14H17F2NO3/c15-10-3-4-12(16)11(6-10)13(18)8-17-5-1-2-9(7-17)14(19)20/h3-4,6,9,13,18H,1-2,5,7-8H2,(H,19,20). The van der Waals surface area contributed by atoms with Crippen LogP contribution in [0, 0.1) is 17.6 Å². The summed E-state index contributed by atoms with van der Waals surface area (Å²) < 4.78 is 26.6. The Morgan fingerprint density at radius 3 is 2.90 bits per heavy atom.